The summed E-state index contributed by atoms with van der Waals surface area (Å²) >= 11 is 0. The van der Waals surface area contributed by atoms with E-state index in [1.54, 1.807) is 0 Å². The molecule has 0 saturated carbocycles. The minimum absolute atomic E-state index is 0.149. The molecule has 2 saturated heterocycles. The SMILES string of the molecule is FC(F)(F)C1CCCN(CC2CCCCO2)C1. The topological polar surface area (TPSA) is 12.5 Å². The fraction of sp³-hybridized carbons (Fsp3) is 1.00. The average molecular weight is 251 g/mol. The van der Waals surface area contributed by atoms with Crippen molar-refractivity contribution in [3.05, 3.63) is 0 Å². The molecule has 0 aromatic carbocycles. The van der Waals surface area contributed by atoms with Gasteiger partial charge in [-0.05, 0) is 38.6 Å². The van der Waals surface area contributed by atoms with Gasteiger partial charge < -0.3 is 9.64 Å². The molecule has 2 fully saturated rings. The number of ether oxygens (including phenoxy) is 1. The Morgan fingerprint density at radius 1 is 1.12 bits per heavy atom. The van der Waals surface area contributed by atoms with Gasteiger partial charge in [0.1, 0.15) is 0 Å². The summed E-state index contributed by atoms with van der Waals surface area (Å²) < 4.78 is 43.5. The third-order valence-corrected chi connectivity index (χ3v) is 3.70. The number of rotatable bonds is 2. The molecule has 2 aliphatic heterocycles. The molecule has 0 aromatic heterocycles. The van der Waals surface area contributed by atoms with Crippen LogP contribution in [0.4, 0.5) is 13.2 Å². The molecular weight excluding hydrogens is 231 g/mol. The zero-order valence-electron chi connectivity index (χ0n) is 10.0. The molecule has 100 valence electrons. The van der Waals surface area contributed by atoms with E-state index in [4.69, 9.17) is 4.74 Å². The average Bonchev–Trinajstić information content (AvgIpc) is 2.29. The quantitative estimate of drug-likeness (QED) is 0.748. The Bertz CT molecular complexity index is 238. The first kappa shape index (κ1) is 13.1. The van der Waals surface area contributed by atoms with Crippen LogP contribution in [0.15, 0.2) is 0 Å². The number of halogens is 3. The molecule has 0 amide bonds. The van der Waals surface area contributed by atoms with Crippen LogP contribution in [0.3, 0.4) is 0 Å². The van der Waals surface area contributed by atoms with Crippen LogP contribution in [0.25, 0.3) is 0 Å². The van der Waals surface area contributed by atoms with E-state index in [0.29, 0.717) is 13.0 Å². The molecule has 2 rings (SSSR count). The van der Waals surface area contributed by atoms with Crippen molar-refractivity contribution in [2.24, 2.45) is 5.92 Å². The number of nitrogens with zero attached hydrogens (tertiary/aromatic N) is 1. The largest absolute Gasteiger partial charge is 0.393 e. The minimum atomic E-state index is -4.04. The highest BCUT2D eigenvalue weighted by molar-refractivity contribution is 4.80. The maximum Gasteiger partial charge on any atom is 0.393 e. The monoisotopic (exact) mass is 251 g/mol. The van der Waals surface area contributed by atoms with Gasteiger partial charge in [-0.1, -0.05) is 0 Å². The summed E-state index contributed by atoms with van der Waals surface area (Å²) in [5.74, 6) is -1.14. The molecule has 5 heteroatoms. The molecule has 2 atom stereocenters. The lowest BCUT2D eigenvalue weighted by atomic mass is 9.97. The van der Waals surface area contributed by atoms with Crippen molar-refractivity contribution in [3.8, 4) is 0 Å². The van der Waals surface area contributed by atoms with Gasteiger partial charge in [-0.3, -0.25) is 0 Å². The lowest BCUT2D eigenvalue weighted by Crippen LogP contribution is -2.45. The predicted molar refractivity (Wildman–Crippen MR) is 58.8 cm³/mol. The molecule has 0 radical (unpaired) electrons. The summed E-state index contributed by atoms with van der Waals surface area (Å²) in [7, 11) is 0. The maximum absolute atomic E-state index is 12.6. The van der Waals surface area contributed by atoms with E-state index in [0.717, 1.165) is 32.4 Å². The van der Waals surface area contributed by atoms with Crippen LogP contribution in [0.5, 0.6) is 0 Å². The van der Waals surface area contributed by atoms with E-state index in [2.05, 4.69) is 0 Å². The van der Waals surface area contributed by atoms with Crippen LogP contribution in [-0.4, -0.2) is 43.4 Å². The van der Waals surface area contributed by atoms with Crippen LogP contribution < -0.4 is 0 Å². The molecule has 0 aromatic rings. The van der Waals surface area contributed by atoms with E-state index < -0.39 is 12.1 Å². The summed E-state index contributed by atoms with van der Waals surface area (Å²) in [6, 6.07) is 0. The smallest absolute Gasteiger partial charge is 0.377 e. The fourth-order valence-electron chi connectivity index (χ4n) is 2.73. The predicted octanol–water partition coefficient (Wildman–Crippen LogP) is 2.83. The highest BCUT2D eigenvalue weighted by Gasteiger charge is 2.41. The van der Waals surface area contributed by atoms with Crippen molar-refractivity contribution >= 4 is 0 Å². The first-order chi connectivity index (χ1) is 8.05. The van der Waals surface area contributed by atoms with E-state index in [9.17, 15) is 13.2 Å². The number of alkyl halides is 3. The van der Waals surface area contributed by atoms with Gasteiger partial charge in [0.05, 0.1) is 12.0 Å². The van der Waals surface area contributed by atoms with Crippen molar-refractivity contribution in [2.45, 2.75) is 44.4 Å². The third kappa shape index (κ3) is 3.85. The van der Waals surface area contributed by atoms with Crippen molar-refractivity contribution in [3.63, 3.8) is 0 Å². The van der Waals surface area contributed by atoms with E-state index in [-0.39, 0.29) is 19.1 Å². The fourth-order valence-corrected chi connectivity index (χ4v) is 2.73. The molecule has 2 heterocycles. The Morgan fingerprint density at radius 2 is 1.94 bits per heavy atom. The first-order valence-electron chi connectivity index (χ1n) is 6.46. The van der Waals surface area contributed by atoms with Crippen LogP contribution in [0.1, 0.15) is 32.1 Å². The summed E-state index contributed by atoms with van der Waals surface area (Å²) in [6.07, 6.45) is 0.264. The van der Waals surface area contributed by atoms with Crippen molar-refractivity contribution in [1.29, 1.82) is 0 Å². The second kappa shape index (κ2) is 5.57. The van der Waals surface area contributed by atoms with E-state index in [1.807, 2.05) is 4.90 Å². The standard InChI is InChI=1S/C12H20F3NO/c13-12(14,15)10-4-3-6-16(8-10)9-11-5-1-2-7-17-11/h10-11H,1-9H2. The third-order valence-electron chi connectivity index (χ3n) is 3.70. The van der Waals surface area contributed by atoms with Gasteiger partial charge in [0.25, 0.3) is 0 Å². The highest BCUT2D eigenvalue weighted by Crippen LogP contribution is 2.33. The van der Waals surface area contributed by atoms with Gasteiger partial charge in [0, 0.05) is 19.7 Å². The Balaban J connectivity index is 1.80. The van der Waals surface area contributed by atoms with Gasteiger partial charge in [0.15, 0.2) is 0 Å². The zero-order chi connectivity index (χ0) is 12.3. The van der Waals surface area contributed by atoms with Crippen LogP contribution in [-0.2, 0) is 4.74 Å². The second-order valence-corrected chi connectivity index (χ2v) is 5.13. The lowest BCUT2D eigenvalue weighted by molar-refractivity contribution is -0.188. The summed E-state index contributed by atoms with van der Waals surface area (Å²) in [5.41, 5.74) is 0. The highest BCUT2D eigenvalue weighted by atomic mass is 19.4. The molecule has 2 unspecified atom stereocenters. The summed E-state index contributed by atoms with van der Waals surface area (Å²) in [5, 5.41) is 0. The molecule has 2 nitrogen and oxygen atoms in total. The second-order valence-electron chi connectivity index (χ2n) is 5.13. The van der Waals surface area contributed by atoms with Gasteiger partial charge in [-0.25, -0.2) is 0 Å². The Hall–Kier alpha value is -0.290. The normalized spacial score (nSPS) is 32.6. The van der Waals surface area contributed by atoms with Crippen LogP contribution in [0.2, 0.25) is 0 Å². The molecular formula is C12H20F3NO. The Morgan fingerprint density at radius 3 is 2.59 bits per heavy atom. The van der Waals surface area contributed by atoms with Crippen molar-refractivity contribution < 1.29 is 17.9 Å². The number of piperidine rings is 1. The Kier molecular flexibility index (Phi) is 4.31. The zero-order valence-corrected chi connectivity index (χ0v) is 10.0. The molecule has 17 heavy (non-hydrogen) atoms. The molecule has 0 spiro atoms. The summed E-state index contributed by atoms with van der Waals surface area (Å²) in [4.78, 5) is 1.93. The van der Waals surface area contributed by atoms with Gasteiger partial charge in [-0.2, -0.15) is 13.2 Å². The summed E-state index contributed by atoms with van der Waals surface area (Å²) in [6.45, 7) is 2.38. The van der Waals surface area contributed by atoms with Crippen molar-refractivity contribution in [1.82, 2.24) is 4.90 Å². The minimum Gasteiger partial charge on any atom is -0.377 e. The van der Waals surface area contributed by atoms with Crippen molar-refractivity contribution in [2.75, 3.05) is 26.2 Å². The van der Waals surface area contributed by atoms with Crippen LogP contribution in [0, 0.1) is 5.92 Å². The number of likely N-dealkylation sites (tertiary alicyclic amines) is 1. The number of hydrogen-bond donors (Lipinski definition) is 0. The van der Waals surface area contributed by atoms with Crippen LogP contribution >= 0.6 is 0 Å². The Labute approximate surface area is 100 Å². The molecule has 0 N–H and O–H groups in total. The van der Waals surface area contributed by atoms with E-state index >= 15 is 0 Å². The maximum atomic E-state index is 12.6. The first-order valence-corrected chi connectivity index (χ1v) is 6.46. The lowest BCUT2D eigenvalue weighted by Gasteiger charge is -2.36. The van der Waals surface area contributed by atoms with Gasteiger partial charge in [0.2, 0.25) is 0 Å². The molecule has 0 bridgehead atoms. The van der Waals surface area contributed by atoms with Gasteiger partial charge in [-0.15, -0.1) is 0 Å². The molecule has 2 aliphatic rings. The van der Waals surface area contributed by atoms with E-state index in [1.165, 1.54) is 0 Å². The molecule has 0 aliphatic carbocycles. The number of hydrogen-bond acceptors (Lipinski definition) is 2. The van der Waals surface area contributed by atoms with Gasteiger partial charge >= 0.3 is 6.18 Å².